The van der Waals surface area contributed by atoms with Gasteiger partial charge < -0.3 is 19.2 Å². The van der Waals surface area contributed by atoms with Crippen LogP contribution < -0.4 is 10.1 Å². The molecule has 0 aliphatic carbocycles. The van der Waals surface area contributed by atoms with Crippen molar-refractivity contribution in [3.05, 3.63) is 57.8 Å². The van der Waals surface area contributed by atoms with Crippen molar-refractivity contribution < 1.29 is 18.7 Å². The van der Waals surface area contributed by atoms with E-state index in [0.29, 0.717) is 34.5 Å². The number of methoxy groups -OCH3 is 2. The third-order valence-corrected chi connectivity index (χ3v) is 5.61. The van der Waals surface area contributed by atoms with Crippen LogP contribution >= 0.6 is 23.2 Å². The molecule has 0 saturated heterocycles. The van der Waals surface area contributed by atoms with E-state index in [9.17, 15) is 4.79 Å². The second-order valence-corrected chi connectivity index (χ2v) is 8.04. The summed E-state index contributed by atoms with van der Waals surface area (Å²) in [6.45, 7) is 4.96. The smallest absolute Gasteiger partial charge is 0.244 e. The number of carbonyl (C=O) groups excluding carboxylic acids is 1. The van der Waals surface area contributed by atoms with Crippen molar-refractivity contribution in [3.63, 3.8) is 0 Å². The maximum absolute atomic E-state index is 12.3. The fourth-order valence-corrected chi connectivity index (χ4v) is 4.05. The maximum Gasteiger partial charge on any atom is 0.244 e. The SMILES string of the molecule is COCCCNC(=O)/C=C(\C)c1cc2c(-c3ccc(Cl)cc3Cl)coc2c(C)c1OC. The van der Waals surface area contributed by atoms with Crippen LogP contribution in [0, 0.1) is 6.92 Å². The van der Waals surface area contributed by atoms with Gasteiger partial charge in [-0.1, -0.05) is 29.3 Å². The molecule has 0 atom stereocenters. The molecular formula is C24H25Cl2NO4. The number of carbonyl (C=O) groups is 1. The first-order valence-electron chi connectivity index (χ1n) is 9.87. The van der Waals surface area contributed by atoms with Crippen LogP contribution in [0.3, 0.4) is 0 Å². The van der Waals surface area contributed by atoms with Crippen LogP contribution in [0.25, 0.3) is 27.7 Å². The highest BCUT2D eigenvalue weighted by Gasteiger charge is 2.19. The first kappa shape index (κ1) is 23.2. The van der Waals surface area contributed by atoms with E-state index >= 15 is 0 Å². The molecule has 0 unspecified atom stereocenters. The van der Waals surface area contributed by atoms with E-state index < -0.39 is 0 Å². The Hall–Kier alpha value is -2.47. The first-order valence-corrected chi connectivity index (χ1v) is 10.6. The van der Waals surface area contributed by atoms with Gasteiger partial charge in [-0.25, -0.2) is 0 Å². The number of halogens is 2. The first-order chi connectivity index (χ1) is 14.9. The molecule has 7 heteroatoms. The van der Waals surface area contributed by atoms with Crippen LogP contribution in [0.15, 0.2) is 41.0 Å². The largest absolute Gasteiger partial charge is 0.496 e. The Balaban J connectivity index is 2.05. The molecular weight excluding hydrogens is 437 g/mol. The molecule has 3 aromatic rings. The number of amides is 1. The molecule has 0 aliphatic rings. The number of fused-ring (bicyclic) bond motifs is 1. The number of hydrogen-bond donors (Lipinski definition) is 1. The molecule has 5 nitrogen and oxygen atoms in total. The zero-order valence-corrected chi connectivity index (χ0v) is 19.5. The summed E-state index contributed by atoms with van der Waals surface area (Å²) in [5.74, 6) is 0.498. The lowest BCUT2D eigenvalue weighted by atomic mass is 9.96. The number of hydrogen-bond acceptors (Lipinski definition) is 4. The van der Waals surface area contributed by atoms with Gasteiger partial charge in [0.25, 0.3) is 0 Å². The predicted molar refractivity (Wildman–Crippen MR) is 126 cm³/mol. The molecule has 1 N–H and O–H groups in total. The van der Waals surface area contributed by atoms with Gasteiger partial charge in [-0.2, -0.15) is 0 Å². The second kappa shape index (κ2) is 10.2. The molecule has 0 radical (unpaired) electrons. The van der Waals surface area contributed by atoms with Gasteiger partial charge >= 0.3 is 0 Å². The lowest BCUT2D eigenvalue weighted by molar-refractivity contribution is -0.116. The number of aryl methyl sites for hydroxylation is 1. The second-order valence-electron chi connectivity index (χ2n) is 7.20. The van der Waals surface area contributed by atoms with E-state index in [4.69, 9.17) is 37.1 Å². The van der Waals surface area contributed by atoms with E-state index in [2.05, 4.69) is 5.32 Å². The Morgan fingerprint density at radius 1 is 1.19 bits per heavy atom. The molecule has 1 aromatic heterocycles. The highest BCUT2D eigenvalue weighted by Crippen LogP contribution is 2.42. The van der Waals surface area contributed by atoms with Crippen molar-refractivity contribution in [3.8, 4) is 16.9 Å². The van der Waals surface area contributed by atoms with Gasteiger partial charge in [-0.3, -0.25) is 4.79 Å². The summed E-state index contributed by atoms with van der Waals surface area (Å²) in [5, 5.41) is 4.85. The zero-order chi connectivity index (χ0) is 22.5. The summed E-state index contributed by atoms with van der Waals surface area (Å²) in [7, 11) is 3.24. The van der Waals surface area contributed by atoms with Gasteiger partial charge in [0.15, 0.2) is 0 Å². The van der Waals surface area contributed by atoms with E-state index in [1.54, 1.807) is 38.7 Å². The lowest BCUT2D eigenvalue weighted by Gasteiger charge is -2.13. The fraction of sp³-hybridized carbons (Fsp3) is 0.292. The van der Waals surface area contributed by atoms with Gasteiger partial charge in [0, 0.05) is 59.0 Å². The van der Waals surface area contributed by atoms with Crippen LogP contribution in [-0.4, -0.2) is 33.3 Å². The van der Waals surface area contributed by atoms with Crippen molar-refractivity contribution in [2.45, 2.75) is 20.3 Å². The Morgan fingerprint density at radius 2 is 1.97 bits per heavy atom. The molecule has 0 aliphatic heterocycles. The number of allylic oxidation sites excluding steroid dienone is 1. The topological polar surface area (TPSA) is 60.7 Å². The van der Waals surface area contributed by atoms with Crippen molar-refractivity contribution in [2.24, 2.45) is 0 Å². The Kier molecular flexibility index (Phi) is 7.65. The minimum Gasteiger partial charge on any atom is -0.496 e. The van der Waals surface area contributed by atoms with Crippen molar-refractivity contribution in [1.82, 2.24) is 5.32 Å². The summed E-state index contributed by atoms with van der Waals surface area (Å²) >= 11 is 12.5. The van der Waals surface area contributed by atoms with Gasteiger partial charge in [-0.15, -0.1) is 0 Å². The fourth-order valence-electron chi connectivity index (χ4n) is 3.54. The molecule has 0 fully saturated rings. The van der Waals surface area contributed by atoms with Crippen LogP contribution in [0.5, 0.6) is 5.75 Å². The molecule has 2 aromatic carbocycles. The summed E-state index contributed by atoms with van der Waals surface area (Å²) in [6.07, 6.45) is 4.01. The van der Waals surface area contributed by atoms with Crippen LogP contribution in [0.2, 0.25) is 10.0 Å². The summed E-state index contributed by atoms with van der Waals surface area (Å²) in [5.41, 5.74) is 4.81. The van der Waals surface area contributed by atoms with Gasteiger partial charge in [-0.05, 0) is 44.0 Å². The third kappa shape index (κ3) is 5.06. The van der Waals surface area contributed by atoms with E-state index in [0.717, 1.165) is 39.6 Å². The zero-order valence-electron chi connectivity index (χ0n) is 18.0. The number of rotatable bonds is 8. The molecule has 164 valence electrons. The average molecular weight is 462 g/mol. The molecule has 0 spiro atoms. The highest BCUT2D eigenvalue weighted by molar-refractivity contribution is 6.36. The summed E-state index contributed by atoms with van der Waals surface area (Å²) in [4.78, 5) is 12.3. The minimum absolute atomic E-state index is 0.165. The minimum atomic E-state index is -0.165. The monoisotopic (exact) mass is 461 g/mol. The van der Waals surface area contributed by atoms with E-state index in [1.165, 1.54) is 0 Å². The Morgan fingerprint density at radius 3 is 2.65 bits per heavy atom. The molecule has 0 saturated carbocycles. The van der Waals surface area contributed by atoms with Gasteiger partial charge in [0.2, 0.25) is 5.91 Å². The van der Waals surface area contributed by atoms with Crippen molar-refractivity contribution >= 4 is 45.7 Å². The lowest BCUT2D eigenvalue weighted by Crippen LogP contribution is -2.23. The number of furan rings is 1. The third-order valence-electron chi connectivity index (χ3n) is 5.07. The number of nitrogens with one attached hydrogen (secondary N) is 1. The Bertz CT molecular complexity index is 1130. The molecule has 31 heavy (non-hydrogen) atoms. The predicted octanol–water partition coefficient (Wildman–Crippen LogP) is 6.28. The number of benzene rings is 2. The van der Waals surface area contributed by atoms with Crippen molar-refractivity contribution in [1.29, 1.82) is 0 Å². The Labute approximate surface area is 191 Å². The summed E-state index contributed by atoms with van der Waals surface area (Å²) < 4.78 is 16.5. The van der Waals surface area contributed by atoms with Crippen LogP contribution in [0.4, 0.5) is 0 Å². The molecule has 1 heterocycles. The van der Waals surface area contributed by atoms with Crippen LogP contribution in [-0.2, 0) is 9.53 Å². The molecule has 3 rings (SSSR count). The van der Waals surface area contributed by atoms with Crippen LogP contribution in [0.1, 0.15) is 24.5 Å². The number of ether oxygens (including phenoxy) is 2. The van der Waals surface area contributed by atoms with Crippen molar-refractivity contribution in [2.75, 3.05) is 27.4 Å². The van der Waals surface area contributed by atoms with Gasteiger partial charge in [0.1, 0.15) is 11.3 Å². The average Bonchev–Trinajstić information content (AvgIpc) is 3.15. The van der Waals surface area contributed by atoms with E-state index in [-0.39, 0.29) is 5.91 Å². The van der Waals surface area contributed by atoms with E-state index in [1.807, 2.05) is 26.0 Å². The van der Waals surface area contributed by atoms with Gasteiger partial charge in [0.05, 0.1) is 18.4 Å². The molecule has 0 bridgehead atoms. The normalized spacial score (nSPS) is 11.7. The quantitative estimate of drug-likeness (QED) is 0.316. The summed E-state index contributed by atoms with van der Waals surface area (Å²) in [6, 6.07) is 7.32. The highest BCUT2D eigenvalue weighted by atomic mass is 35.5. The maximum atomic E-state index is 12.3. The standard InChI is InChI=1S/C24H25Cl2NO4/c1-14(10-22(28)27-8-5-9-29-3)18-12-19-20(17-7-6-16(25)11-21(17)26)13-31-24(19)15(2)23(18)30-4/h6-7,10-13H,5,8-9H2,1-4H3,(H,27,28)/b14-10+. The molecule has 1 amide bonds.